The maximum atomic E-state index is 11.8. The summed E-state index contributed by atoms with van der Waals surface area (Å²) < 4.78 is 10.8. The number of hydrazine groups is 1. The Labute approximate surface area is 161 Å². The van der Waals surface area contributed by atoms with Crippen molar-refractivity contribution >= 4 is 22.9 Å². The van der Waals surface area contributed by atoms with E-state index in [4.69, 9.17) is 15.3 Å². The van der Waals surface area contributed by atoms with E-state index in [1.807, 2.05) is 18.2 Å². The van der Waals surface area contributed by atoms with E-state index in [-0.39, 0.29) is 12.5 Å². The molecule has 0 aliphatic carbocycles. The number of aliphatic hydroxyl groups excluding tert-OH is 1. The Morgan fingerprint density at radius 2 is 1.93 bits per heavy atom. The van der Waals surface area contributed by atoms with Gasteiger partial charge in [0, 0.05) is 0 Å². The fraction of sp³-hybridized carbons (Fsp3) is 0.263. The van der Waals surface area contributed by atoms with Crippen LogP contribution in [0.1, 0.15) is 17.2 Å². The molecule has 1 fully saturated rings. The van der Waals surface area contributed by atoms with Crippen molar-refractivity contribution in [3.8, 4) is 11.5 Å². The number of carbonyl (C=O) groups excluding carboxylic acids is 2. The fourth-order valence-corrected chi connectivity index (χ4v) is 3.60. The summed E-state index contributed by atoms with van der Waals surface area (Å²) in [5, 5.41) is 9.99. The van der Waals surface area contributed by atoms with Crippen LogP contribution < -0.4 is 15.3 Å². The predicted molar refractivity (Wildman–Crippen MR) is 101 cm³/mol. The maximum absolute atomic E-state index is 11.8. The molecule has 2 amide bonds. The van der Waals surface area contributed by atoms with E-state index >= 15 is 0 Å². The molecule has 3 N–H and O–H groups in total. The van der Waals surface area contributed by atoms with Crippen LogP contribution in [-0.2, 0) is 11.2 Å². The van der Waals surface area contributed by atoms with Gasteiger partial charge in [0.25, 0.3) is 5.91 Å². The van der Waals surface area contributed by atoms with Gasteiger partial charge >= 0.3 is 5.24 Å². The van der Waals surface area contributed by atoms with Crippen molar-refractivity contribution in [2.45, 2.75) is 17.8 Å². The molecule has 2 aromatic carbocycles. The minimum Gasteiger partial charge on any atom is -0.497 e. The van der Waals surface area contributed by atoms with Gasteiger partial charge in [-0.1, -0.05) is 24.3 Å². The Balaban J connectivity index is 1.54. The number of hydrogen-bond donors (Lipinski definition) is 2. The molecule has 0 aromatic heterocycles. The Morgan fingerprint density at radius 1 is 1.19 bits per heavy atom. The number of amides is 2. The average molecular weight is 388 g/mol. The quantitative estimate of drug-likeness (QED) is 0.554. The molecule has 3 rings (SSSR count). The van der Waals surface area contributed by atoms with Gasteiger partial charge in [0.2, 0.25) is 0 Å². The maximum Gasteiger partial charge on any atom is 0.303 e. The number of nitrogens with zero attached hydrogens (tertiary/aromatic N) is 1. The van der Waals surface area contributed by atoms with Crippen LogP contribution in [0.3, 0.4) is 0 Å². The molecular weight excluding hydrogens is 368 g/mol. The summed E-state index contributed by atoms with van der Waals surface area (Å²) in [5.41, 5.74) is 1.60. The first-order chi connectivity index (χ1) is 13.0. The third kappa shape index (κ3) is 4.60. The number of imide groups is 1. The van der Waals surface area contributed by atoms with Gasteiger partial charge in [-0.2, -0.15) is 0 Å². The molecule has 0 radical (unpaired) electrons. The number of methoxy groups -OCH3 is 1. The van der Waals surface area contributed by atoms with Gasteiger partial charge < -0.3 is 14.6 Å². The lowest BCUT2D eigenvalue weighted by Gasteiger charge is -2.14. The monoisotopic (exact) mass is 388 g/mol. The minimum atomic E-state index is -0.783. The highest BCUT2D eigenvalue weighted by Crippen LogP contribution is 2.28. The van der Waals surface area contributed by atoms with Crippen molar-refractivity contribution in [3.63, 3.8) is 0 Å². The Kier molecular flexibility index (Phi) is 6.00. The predicted octanol–water partition coefficient (Wildman–Crippen LogP) is 2.29. The number of hydrogen-bond acceptors (Lipinski definition) is 7. The second-order valence-electron chi connectivity index (χ2n) is 6.03. The summed E-state index contributed by atoms with van der Waals surface area (Å²) in [5.74, 6) is 6.27. The molecule has 0 saturated carbocycles. The molecule has 27 heavy (non-hydrogen) atoms. The second kappa shape index (κ2) is 8.43. The van der Waals surface area contributed by atoms with Gasteiger partial charge in [0.1, 0.15) is 24.2 Å². The lowest BCUT2D eigenvalue weighted by atomic mass is 10.1. The Morgan fingerprint density at radius 3 is 2.56 bits per heavy atom. The fourth-order valence-electron chi connectivity index (χ4n) is 2.66. The third-order valence-electron chi connectivity index (χ3n) is 4.18. The number of nitrogens with two attached hydrogens (primary N) is 1. The van der Waals surface area contributed by atoms with Crippen LogP contribution in [0.25, 0.3) is 0 Å². The molecule has 1 saturated heterocycles. The van der Waals surface area contributed by atoms with Crippen molar-refractivity contribution in [1.82, 2.24) is 5.01 Å². The lowest BCUT2D eigenvalue weighted by molar-refractivity contribution is -0.126. The van der Waals surface area contributed by atoms with Crippen LogP contribution in [0.15, 0.2) is 48.5 Å². The summed E-state index contributed by atoms with van der Waals surface area (Å²) in [6.07, 6.45) is -0.371. The van der Waals surface area contributed by atoms with Gasteiger partial charge in [-0.25, -0.2) is 10.9 Å². The van der Waals surface area contributed by atoms with E-state index < -0.39 is 16.6 Å². The van der Waals surface area contributed by atoms with Gasteiger partial charge in [0.05, 0.1) is 12.4 Å². The summed E-state index contributed by atoms with van der Waals surface area (Å²) >= 11 is 0.933. The van der Waals surface area contributed by atoms with E-state index in [1.54, 1.807) is 37.4 Å². The molecule has 2 atom stereocenters. The van der Waals surface area contributed by atoms with Gasteiger partial charge in [0.15, 0.2) is 0 Å². The normalized spacial score (nSPS) is 17.9. The van der Waals surface area contributed by atoms with E-state index in [0.29, 0.717) is 28.5 Å². The van der Waals surface area contributed by atoms with Crippen LogP contribution in [0, 0.1) is 0 Å². The zero-order valence-corrected chi connectivity index (χ0v) is 15.5. The van der Waals surface area contributed by atoms with Crippen LogP contribution in [0.4, 0.5) is 4.79 Å². The van der Waals surface area contributed by atoms with E-state index in [9.17, 15) is 14.7 Å². The average Bonchev–Trinajstić information content (AvgIpc) is 2.94. The van der Waals surface area contributed by atoms with Crippen molar-refractivity contribution < 1.29 is 24.2 Å². The molecule has 2 aromatic rings. The highest BCUT2D eigenvalue weighted by Gasteiger charge is 2.37. The zero-order chi connectivity index (χ0) is 19.4. The van der Waals surface area contributed by atoms with Crippen molar-refractivity contribution in [2.75, 3.05) is 13.7 Å². The summed E-state index contributed by atoms with van der Waals surface area (Å²) in [6.45, 7) is 0.0973. The number of ether oxygens (including phenoxy) is 2. The first-order valence-corrected chi connectivity index (χ1v) is 9.19. The molecular formula is C19H20N2O5S. The minimum absolute atomic E-state index is 0.0973. The van der Waals surface area contributed by atoms with Crippen LogP contribution in [-0.4, -0.2) is 40.2 Å². The molecule has 1 heterocycles. The highest BCUT2D eigenvalue weighted by atomic mass is 32.2. The van der Waals surface area contributed by atoms with Gasteiger partial charge in [-0.3, -0.25) is 9.59 Å². The first-order valence-electron chi connectivity index (χ1n) is 8.31. The van der Waals surface area contributed by atoms with Crippen LogP contribution in [0.2, 0.25) is 0 Å². The first kappa shape index (κ1) is 19.2. The summed E-state index contributed by atoms with van der Waals surface area (Å²) in [7, 11) is 1.57. The number of rotatable bonds is 7. The van der Waals surface area contributed by atoms with Gasteiger partial charge in [-0.15, -0.1) is 0 Å². The smallest absolute Gasteiger partial charge is 0.303 e. The largest absolute Gasteiger partial charge is 0.497 e. The number of benzene rings is 2. The summed E-state index contributed by atoms with van der Waals surface area (Å²) in [6, 6.07) is 14.4. The van der Waals surface area contributed by atoms with Crippen LogP contribution >= 0.6 is 11.8 Å². The van der Waals surface area contributed by atoms with E-state index in [1.165, 1.54) is 0 Å². The molecule has 1 aliphatic rings. The summed E-state index contributed by atoms with van der Waals surface area (Å²) in [4.78, 5) is 23.3. The van der Waals surface area contributed by atoms with Crippen LogP contribution in [0.5, 0.6) is 11.5 Å². The Bertz CT molecular complexity index is 827. The molecule has 0 spiro atoms. The molecule has 0 bridgehead atoms. The number of aliphatic hydroxyl groups is 1. The van der Waals surface area contributed by atoms with Crippen molar-refractivity contribution in [3.05, 3.63) is 59.7 Å². The number of carbonyl (C=O) groups is 2. The standard InChI is InChI=1S/C19H20N2O5S/c1-25-15-4-2-3-13(10-15)16(22)11-26-14-7-5-12(6-8-14)9-17-18(23)21(20)19(24)27-17/h2-8,10,16-17,22H,9,11,20H2,1H3/t16-,17?/m0/s1. The Hall–Kier alpha value is -2.55. The molecule has 7 nitrogen and oxygen atoms in total. The lowest BCUT2D eigenvalue weighted by Crippen LogP contribution is -2.37. The topological polar surface area (TPSA) is 102 Å². The molecule has 1 unspecified atom stereocenters. The third-order valence-corrected chi connectivity index (χ3v) is 5.23. The van der Waals surface area contributed by atoms with E-state index in [0.717, 1.165) is 17.3 Å². The molecule has 142 valence electrons. The van der Waals surface area contributed by atoms with Crippen molar-refractivity contribution in [1.29, 1.82) is 0 Å². The molecule has 1 aliphatic heterocycles. The zero-order valence-electron chi connectivity index (χ0n) is 14.7. The van der Waals surface area contributed by atoms with Crippen molar-refractivity contribution in [2.24, 2.45) is 5.84 Å². The SMILES string of the molecule is COc1cccc([C@@H](O)COc2ccc(CC3SC(=O)N(N)C3=O)cc2)c1. The van der Waals surface area contributed by atoms with E-state index in [2.05, 4.69) is 0 Å². The molecule has 8 heteroatoms. The second-order valence-corrected chi connectivity index (χ2v) is 7.19. The highest BCUT2D eigenvalue weighted by molar-refractivity contribution is 8.15. The van der Waals surface area contributed by atoms with Gasteiger partial charge in [-0.05, 0) is 53.6 Å². The number of thioether (sulfide) groups is 1.